The number of carbonyl (C=O) groups excluding carboxylic acids is 1. The topological polar surface area (TPSA) is 73.6 Å². The van der Waals surface area contributed by atoms with Crippen LogP contribution in [0.1, 0.15) is 6.42 Å². The van der Waals surface area contributed by atoms with Crippen LogP contribution in [0.4, 0.5) is 5.69 Å². The van der Waals surface area contributed by atoms with Crippen LogP contribution in [0.3, 0.4) is 0 Å². The standard InChI is InChI=1S/C12H13ClN2O3/c1-2-3-8(14)12(16)15-9-5-11-10(4-7(9)13)17-6-18-11/h2,4-5,8H,1,3,6,14H2,(H,15,16). The van der Waals surface area contributed by atoms with Crippen molar-refractivity contribution in [3.8, 4) is 11.5 Å². The quantitative estimate of drug-likeness (QED) is 0.818. The van der Waals surface area contributed by atoms with E-state index in [1.165, 1.54) is 0 Å². The number of rotatable bonds is 4. The molecule has 1 atom stereocenters. The summed E-state index contributed by atoms with van der Waals surface area (Å²) in [5.74, 6) is 0.788. The first-order chi connectivity index (χ1) is 8.61. The molecule has 18 heavy (non-hydrogen) atoms. The van der Waals surface area contributed by atoms with E-state index < -0.39 is 6.04 Å². The molecule has 0 radical (unpaired) electrons. The summed E-state index contributed by atoms with van der Waals surface area (Å²) in [6, 6.07) is 2.56. The molecule has 96 valence electrons. The molecule has 1 aliphatic rings. The number of nitrogens with one attached hydrogen (secondary N) is 1. The Morgan fingerprint density at radius 2 is 2.22 bits per heavy atom. The highest BCUT2D eigenvalue weighted by Crippen LogP contribution is 2.39. The van der Waals surface area contributed by atoms with E-state index in [0.717, 1.165) is 0 Å². The van der Waals surface area contributed by atoms with E-state index in [-0.39, 0.29) is 12.7 Å². The third kappa shape index (κ3) is 2.57. The Kier molecular flexibility index (Phi) is 3.74. The second-order valence-electron chi connectivity index (χ2n) is 3.81. The van der Waals surface area contributed by atoms with E-state index in [0.29, 0.717) is 28.6 Å². The van der Waals surface area contributed by atoms with Gasteiger partial charge in [0.2, 0.25) is 12.7 Å². The molecule has 1 aliphatic heterocycles. The molecule has 1 amide bonds. The van der Waals surface area contributed by atoms with E-state index in [1.54, 1.807) is 18.2 Å². The fourth-order valence-electron chi connectivity index (χ4n) is 1.52. The molecule has 3 N–H and O–H groups in total. The molecular weight excluding hydrogens is 256 g/mol. The maximum atomic E-state index is 11.7. The zero-order valence-electron chi connectivity index (χ0n) is 9.61. The summed E-state index contributed by atoms with van der Waals surface area (Å²) in [5, 5.41) is 3.02. The minimum atomic E-state index is -0.649. The van der Waals surface area contributed by atoms with E-state index >= 15 is 0 Å². The lowest BCUT2D eigenvalue weighted by Crippen LogP contribution is -2.35. The average molecular weight is 269 g/mol. The third-order valence-electron chi connectivity index (χ3n) is 2.48. The summed E-state index contributed by atoms with van der Waals surface area (Å²) in [6.07, 6.45) is 1.99. The van der Waals surface area contributed by atoms with Crippen molar-refractivity contribution in [2.45, 2.75) is 12.5 Å². The fraction of sp³-hybridized carbons (Fsp3) is 0.250. The largest absolute Gasteiger partial charge is 0.454 e. The van der Waals surface area contributed by atoms with E-state index in [1.807, 2.05) is 0 Å². The van der Waals surface area contributed by atoms with Crippen molar-refractivity contribution < 1.29 is 14.3 Å². The summed E-state index contributed by atoms with van der Waals surface area (Å²) in [6.45, 7) is 3.68. The Morgan fingerprint density at radius 1 is 1.56 bits per heavy atom. The first kappa shape index (κ1) is 12.7. The predicted molar refractivity (Wildman–Crippen MR) is 69.0 cm³/mol. The van der Waals surface area contributed by atoms with Gasteiger partial charge in [0, 0.05) is 12.1 Å². The molecule has 0 saturated heterocycles. The number of carbonyl (C=O) groups is 1. The number of hydrogen-bond donors (Lipinski definition) is 2. The van der Waals surface area contributed by atoms with Crippen LogP contribution in [-0.2, 0) is 4.79 Å². The van der Waals surface area contributed by atoms with E-state index in [9.17, 15) is 4.79 Å². The molecule has 5 nitrogen and oxygen atoms in total. The van der Waals surface area contributed by atoms with Crippen LogP contribution in [0.25, 0.3) is 0 Å². The predicted octanol–water partition coefficient (Wildman–Crippen LogP) is 1.91. The van der Waals surface area contributed by atoms with Gasteiger partial charge in [-0.15, -0.1) is 6.58 Å². The lowest BCUT2D eigenvalue weighted by molar-refractivity contribution is -0.117. The number of nitrogens with two attached hydrogens (primary N) is 1. The van der Waals surface area contributed by atoms with Gasteiger partial charge in [0.05, 0.1) is 16.8 Å². The fourth-order valence-corrected chi connectivity index (χ4v) is 1.73. The molecule has 0 saturated carbocycles. The van der Waals surface area contributed by atoms with Crippen LogP contribution in [0.2, 0.25) is 5.02 Å². The minimum Gasteiger partial charge on any atom is -0.454 e. The van der Waals surface area contributed by atoms with Crippen molar-refractivity contribution in [3.63, 3.8) is 0 Å². The smallest absolute Gasteiger partial charge is 0.241 e. The van der Waals surface area contributed by atoms with Crippen LogP contribution >= 0.6 is 11.6 Å². The summed E-state index contributed by atoms with van der Waals surface area (Å²) in [7, 11) is 0. The zero-order chi connectivity index (χ0) is 13.1. The first-order valence-corrected chi connectivity index (χ1v) is 5.76. The molecule has 2 rings (SSSR count). The van der Waals surface area contributed by atoms with E-state index in [2.05, 4.69) is 11.9 Å². The van der Waals surface area contributed by atoms with Gasteiger partial charge < -0.3 is 20.5 Å². The van der Waals surface area contributed by atoms with Crippen LogP contribution in [0.15, 0.2) is 24.8 Å². The number of ether oxygens (including phenoxy) is 2. The number of benzene rings is 1. The summed E-state index contributed by atoms with van der Waals surface area (Å²) in [5.41, 5.74) is 6.11. The Bertz CT molecular complexity index is 490. The number of hydrogen-bond acceptors (Lipinski definition) is 4. The van der Waals surface area contributed by atoms with Crippen molar-refractivity contribution in [2.75, 3.05) is 12.1 Å². The molecule has 1 unspecified atom stereocenters. The monoisotopic (exact) mass is 268 g/mol. The Hall–Kier alpha value is -1.72. The second kappa shape index (κ2) is 5.29. The molecular formula is C12H13ClN2O3. The van der Waals surface area contributed by atoms with Gasteiger partial charge >= 0.3 is 0 Å². The van der Waals surface area contributed by atoms with Gasteiger partial charge in [-0.25, -0.2) is 0 Å². The Balaban J connectivity index is 2.14. The maximum absolute atomic E-state index is 11.7. The van der Waals surface area contributed by atoms with Gasteiger partial charge in [0.15, 0.2) is 11.5 Å². The van der Waals surface area contributed by atoms with Gasteiger partial charge in [-0.1, -0.05) is 17.7 Å². The number of anilines is 1. The molecule has 1 heterocycles. The number of amides is 1. The Labute approximate surface area is 110 Å². The minimum absolute atomic E-state index is 0.152. The summed E-state index contributed by atoms with van der Waals surface area (Å²) < 4.78 is 10.4. The van der Waals surface area contributed by atoms with Crippen molar-refractivity contribution in [3.05, 3.63) is 29.8 Å². The highest BCUT2D eigenvalue weighted by molar-refractivity contribution is 6.34. The lowest BCUT2D eigenvalue weighted by Gasteiger charge is -2.12. The molecule has 0 spiro atoms. The van der Waals surface area contributed by atoms with Crippen LogP contribution < -0.4 is 20.5 Å². The van der Waals surface area contributed by atoms with Gasteiger partial charge in [-0.05, 0) is 6.42 Å². The number of fused-ring (bicyclic) bond motifs is 1. The summed E-state index contributed by atoms with van der Waals surface area (Å²) >= 11 is 6.02. The molecule has 0 bridgehead atoms. The van der Waals surface area contributed by atoms with Gasteiger partial charge in [-0.3, -0.25) is 4.79 Å². The van der Waals surface area contributed by atoms with Crippen LogP contribution in [0, 0.1) is 0 Å². The van der Waals surface area contributed by atoms with Gasteiger partial charge in [0.1, 0.15) is 0 Å². The molecule has 6 heteroatoms. The highest BCUT2D eigenvalue weighted by atomic mass is 35.5. The van der Waals surface area contributed by atoms with Crippen molar-refractivity contribution in [1.82, 2.24) is 0 Å². The highest BCUT2D eigenvalue weighted by Gasteiger charge is 2.19. The van der Waals surface area contributed by atoms with Crippen LogP contribution in [-0.4, -0.2) is 18.7 Å². The summed E-state index contributed by atoms with van der Waals surface area (Å²) in [4.78, 5) is 11.7. The average Bonchev–Trinajstić information content (AvgIpc) is 2.76. The first-order valence-electron chi connectivity index (χ1n) is 5.38. The molecule has 0 fully saturated rings. The SMILES string of the molecule is C=CCC(N)C(=O)Nc1cc2c(cc1Cl)OCO2. The van der Waals surface area contributed by atoms with Crippen LogP contribution in [0.5, 0.6) is 11.5 Å². The zero-order valence-corrected chi connectivity index (χ0v) is 10.4. The van der Waals surface area contributed by atoms with Gasteiger partial charge in [-0.2, -0.15) is 0 Å². The van der Waals surface area contributed by atoms with Crippen molar-refractivity contribution >= 4 is 23.2 Å². The second-order valence-corrected chi connectivity index (χ2v) is 4.21. The number of halogens is 1. The van der Waals surface area contributed by atoms with Crippen molar-refractivity contribution in [2.24, 2.45) is 5.73 Å². The third-order valence-corrected chi connectivity index (χ3v) is 2.79. The molecule has 0 aromatic heterocycles. The normalized spacial score (nSPS) is 14.1. The van der Waals surface area contributed by atoms with E-state index in [4.69, 9.17) is 26.8 Å². The van der Waals surface area contributed by atoms with Crippen molar-refractivity contribution in [1.29, 1.82) is 0 Å². The lowest BCUT2D eigenvalue weighted by atomic mass is 10.2. The molecule has 0 aliphatic carbocycles. The molecule has 1 aromatic carbocycles. The maximum Gasteiger partial charge on any atom is 0.241 e. The Morgan fingerprint density at radius 3 is 2.89 bits per heavy atom. The molecule has 1 aromatic rings. The van der Waals surface area contributed by atoms with Gasteiger partial charge in [0.25, 0.3) is 0 Å².